The lowest BCUT2D eigenvalue weighted by molar-refractivity contribution is -0.306. The highest BCUT2D eigenvalue weighted by Crippen LogP contribution is 2.20. The van der Waals surface area contributed by atoms with Gasteiger partial charge in [0.1, 0.15) is 6.33 Å². The number of carbonyl (C=O) groups is 1. The van der Waals surface area contributed by atoms with Crippen molar-refractivity contribution in [3.8, 4) is 0 Å². The van der Waals surface area contributed by atoms with E-state index in [4.69, 9.17) is 0 Å². The van der Waals surface area contributed by atoms with Crippen molar-refractivity contribution < 1.29 is 9.90 Å². The fourth-order valence-electron chi connectivity index (χ4n) is 1.70. The quantitative estimate of drug-likeness (QED) is 0.699. The molecule has 0 aliphatic heterocycles. The lowest BCUT2D eigenvalue weighted by Crippen LogP contribution is -2.26. The highest BCUT2D eigenvalue weighted by molar-refractivity contribution is 5.65. The number of carboxylic acids is 1. The normalized spacial score (nSPS) is 12.2. The van der Waals surface area contributed by atoms with Gasteiger partial charge in [-0.25, -0.2) is 4.68 Å². The van der Waals surface area contributed by atoms with Crippen LogP contribution in [0.1, 0.15) is 17.9 Å². The number of nitrogens with zero attached hydrogens (tertiary/aromatic N) is 4. The van der Waals surface area contributed by atoms with Crippen LogP contribution >= 0.6 is 0 Å². The number of carboxylic acid groups (broad SMARTS) is 1. The van der Waals surface area contributed by atoms with Gasteiger partial charge >= 0.3 is 0 Å². The summed E-state index contributed by atoms with van der Waals surface area (Å²) in [5.74, 6) is -1.27. The maximum absolute atomic E-state index is 10.7. The molecule has 0 bridgehead atoms. The molecule has 0 saturated heterocycles. The summed E-state index contributed by atoms with van der Waals surface area (Å²) in [5, 5.41) is 21.5. The predicted molar refractivity (Wildman–Crippen MR) is 56.6 cm³/mol. The number of rotatable bonds is 5. The third-order valence-corrected chi connectivity index (χ3v) is 2.48. The predicted octanol–water partition coefficient (Wildman–Crippen LogP) is -0.403. The Morgan fingerprint density at radius 3 is 2.71 bits per heavy atom. The molecule has 0 saturated carbocycles. The molecule has 17 heavy (non-hydrogen) atoms. The van der Waals surface area contributed by atoms with E-state index in [1.54, 1.807) is 0 Å². The van der Waals surface area contributed by atoms with Crippen LogP contribution < -0.4 is 5.11 Å². The van der Waals surface area contributed by atoms with Crippen molar-refractivity contribution in [2.24, 2.45) is 0 Å². The molecule has 2 aromatic rings. The van der Waals surface area contributed by atoms with E-state index in [2.05, 4.69) is 15.5 Å². The van der Waals surface area contributed by atoms with E-state index in [0.29, 0.717) is 6.54 Å². The van der Waals surface area contributed by atoms with Gasteiger partial charge in [0.25, 0.3) is 0 Å². The fourth-order valence-corrected chi connectivity index (χ4v) is 1.70. The van der Waals surface area contributed by atoms with Crippen molar-refractivity contribution in [2.75, 3.05) is 0 Å². The van der Waals surface area contributed by atoms with E-state index < -0.39 is 5.97 Å². The highest BCUT2D eigenvalue weighted by atomic mass is 16.4. The molecule has 1 aromatic heterocycles. The molecule has 1 heterocycles. The van der Waals surface area contributed by atoms with E-state index in [1.807, 2.05) is 30.3 Å². The first-order chi connectivity index (χ1) is 8.25. The summed E-state index contributed by atoms with van der Waals surface area (Å²) in [5.41, 5.74) is 0.937. The SMILES string of the molecule is O=C([O-])C[C@@H](Cn1cnnn1)c1ccccc1. The van der Waals surface area contributed by atoms with E-state index in [9.17, 15) is 9.90 Å². The monoisotopic (exact) mass is 231 g/mol. The Bertz CT molecular complexity index is 469. The smallest absolute Gasteiger partial charge is 0.138 e. The molecule has 6 nitrogen and oxygen atoms in total. The van der Waals surface area contributed by atoms with Gasteiger partial charge in [0, 0.05) is 11.9 Å². The number of hydrogen-bond donors (Lipinski definition) is 0. The summed E-state index contributed by atoms with van der Waals surface area (Å²) < 4.78 is 1.51. The molecule has 0 aliphatic carbocycles. The Kier molecular flexibility index (Phi) is 3.44. The molecule has 2 rings (SSSR count). The molecule has 0 spiro atoms. The second kappa shape index (κ2) is 5.20. The summed E-state index contributed by atoms with van der Waals surface area (Å²) in [6.07, 6.45) is 1.41. The van der Waals surface area contributed by atoms with Crippen LogP contribution in [0.15, 0.2) is 36.7 Å². The zero-order valence-corrected chi connectivity index (χ0v) is 9.06. The van der Waals surface area contributed by atoms with Gasteiger partial charge in [0.2, 0.25) is 0 Å². The van der Waals surface area contributed by atoms with Gasteiger partial charge in [-0.05, 0) is 22.4 Å². The molecule has 0 unspecified atom stereocenters. The van der Waals surface area contributed by atoms with Crippen molar-refractivity contribution in [1.82, 2.24) is 20.2 Å². The molecule has 0 fully saturated rings. The minimum Gasteiger partial charge on any atom is -0.550 e. The topological polar surface area (TPSA) is 83.7 Å². The van der Waals surface area contributed by atoms with E-state index in [-0.39, 0.29) is 12.3 Å². The largest absolute Gasteiger partial charge is 0.550 e. The molecular formula is C11H11N4O2-. The zero-order chi connectivity index (χ0) is 12.1. The van der Waals surface area contributed by atoms with Crippen LogP contribution in [0.2, 0.25) is 0 Å². The van der Waals surface area contributed by atoms with Crippen LogP contribution in [0.5, 0.6) is 0 Å². The van der Waals surface area contributed by atoms with Crippen molar-refractivity contribution in [3.05, 3.63) is 42.2 Å². The lowest BCUT2D eigenvalue weighted by atomic mass is 9.96. The molecule has 0 N–H and O–H groups in total. The fraction of sp³-hybridized carbons (Fsp3) is 0.273. The summed E-state index contributed by atoms with van der Waals surface area (Å²) in [6, 6.07) is 9.40. The van der Waals surface area contributed by atoms with Crippen molar-refractivity contribution in [1.29, 1.82) is 0 Å². The van der Waals surface area contributed by atoms with Crippen LogP contribution in [0.4, 0.5) is 0 Å². The first-order valence-electron chi connectivity index (χ1n) is 5.21. The number of carbonyl (C=O) groups excluding carboxylic acids is 1. The molecule has 1 atom stereocenters. The Hall–Kier alpha value is -2.24. The third-order valence-electron chi connectivity index (χ3n) is 2.48. The van der Waals surface area contributed by atoms with Crippen molar-refractivity contribution in [3.63, 3.8) is 0 Å². The molecule has 6 heteroatoms. The Morgan fingerprint density at radius 2 is 2.12 bits per heavy atom. The first-order valence-corrected chi connectivity index (χ1v) is 5.21. The summed E-state index contributed by atoms with van der Waals surface area (Å²) in [4.78, 5) is 10.7. The lowest BCUT2D eigenvalue weighted by Gasteiger charge is -2.17. The molecule has 88 valence electrons. The summed E-state index contributed by atoms with van der Waals surface area (Å²) >= 11 is 0. The van der Waals surface area contributed by atoms with Crippen LogP contribution in [0.3, 0.4) is 0 Å². The minimum absolute atomic E-state index is 0.0517. The summed E-state index contributed by atoms with van der Waals surface area (Å²) in [7, 11) is 0. The molecule has 0 aliphatic rings. The van der Waals surface area contributed by atoms with E-state index in [1.165, 1.54) is 11.0 Å². The van der Waals surface area contributed by atoms with Gasteiger partial charge in [-0.3, -0.25) is 0 Å². The van der Waals surface area contributed by atoms with Crippen molar-refractivity contribution in [2.45, 2.75) is 18.9 Å². The van der Waals surface area contributed by atoms with Gasteiger partial charge in [0.05, 0.1) is 6.54 Å². The van der Waals surface area contributed by atoms with Gasteiger partial charge in [0.15, 0.2) is 0 Å². The van der Waals surface area contributed by atoms with E-state index in [0.717, 1.165) is 5.56 Å². The third kappa shape index (κ3) is 3.10. The Labute approximate surface area is 97.9 Å². The van der Waals surface area contributed by atoms with Crippen LogP contribution in [0.25, 0.3) is 0 Å². The standard InChI is InChI=1S/C11H12N4O2/c16-11(17)6-10(7-15-8-12-13-14-15)9-4-2-1-3-5-9/h1-5,8,10H,6-7H2,(H,16,17)/p-1/t10-/m0/s1. The number of aromatic nitrogens is 4. The van der Waals surface area contributed by atoms with Gasteiger partial charge in [-0.15, -0.1) is 5.10 Å². The van der Waals surface area contributed by atoms with Gasteiger partial charge in [-0.2, -0.15) is 0 Å². The maximum Gasteiger partial charge on any atom is 0.138 e. The number of benzene rings is 1. The second-order valence-electron chi connectivity index (χ2n) is 3.72. The number of hydrogen-bond acceptors (Lipinski definition) is 5. The molecule has 0 amide bonds. The molecule has 1 aromatic carbocycles. The minimum atomic E-state index is -1.08. The number of tetrazole rings is 1. The van der Waals surface area contributed by atoms with Gasteiger partial charge in [-0.1, -0.05) is 30.3 Å². The average molecular weight is 231 g/mol. The maximum atomic E-state index is 10.7. The molecular weight excluding hydrogens is 220 g/mol. The second-order valence-corrected chi connectivity index (χ2v) is 3.72. The Balaban J connectivity index is 2.16. The average Bonchev–Trinajstić information content (AvgIpc) is 2.82. The van der Waals surface area contributed by atoms with Gasteiger partial charge < -0.3 is 9.90 Å². The van der Waals surface area contributed by atoms with Crippen LogP contribution in [-0.4, -0.2) is 26.2 Å². The highest BCUT2D eigenvalue weighted by Gasteiger charge is 2.13. The van der Waals surface area contributed by atoms with Crippen LogP contribution in [0, 0.1) is 0 Å². The summed E-state index contributed by atoms with van der Waals surface area (Å²) in [6.45, 7) is 0.422. The molecule has 0 radical (unpaired) electrons. The number of aliphatic carboxylic acids is 1. The Morgan fingerprint density at radius 1 is 1.35 bits per heavy atom. The van der Waals surface area contributed by atoms with Crippen LogP contribution in [-0.2, 0) is 11.3 Å². The zero-order valence-electron chi connectivity index (χ0n) is 9.06. The van der Waals surface area contributed by atoms with E-state index >= 15 is 0 Å². The van der Waals surface area contributed by atoms with Crippen molar-refractivity contribution >= 4 is 5.97 Å². The first kappa shape index (κ1) is 11.3.